The molecule has 0 fully saturated rings. The summed E-state index contributed by atoms with van der Waals surface area (Å²) in [5, 5.41) is 15.0. The summed E-state index contributed by atoms with van der Waals surface area (Å²) in [5.41, 5.74) is 14.8. The van der Waals surface area contributed by atoms with Gasteiger partial charge in [-0.25, -0.2) is 0 Å². The topological polar surface area (TPSA) is 83.4 Å². The molecule has 28 heavy (non-hydrogen) atoms. The van der Waals surface area contributed by atoms with Crippen LogP contribution < -0.4 is 15.9 Å². The number of hydrogen-bond acceptors (Lipinski definition) is 6. The van der Waals surface area contributed by atoms with Crippen LogP contribution in [0.25, 0.3) is 0 Å². The number of hydrazone groups is 1. The lowest BCUT2D eigenvalue weighted by Crippen LogP contribution is -2.19. The molecule has 0 saturated carbocycles. The van der Waals surface area contributed by atoms with E-state index < -0.39 is 0 Å². The van der Waals surface area contributed by atoms with Gasteiger partial charge in [0.05, 0.1) is 11.7 Å². The van der Waals surface area contributed by atoms with E-state index in [1.165, 1.54) is 16.7 Å². The van der Waals surface area contributed by atoms with Gasteiger partial charge < -0.3 is 10.5 Å². The molecule has 0 bridgehead atoms. The standard InChI is InChI=1S/C22H24N4OS/c1-13(2)27-20-10-9-14(11-15(20)12-23)21-25-26-22(28-21)18-7-3-6-17-16(18)5-4-8-19(17)24/h3,6-7,9-11,13,19,21,25H,4-5,8,24H2,1-2H3. The number of hydrogen-bond donors (Lipinski definition) is 2. The minimum absolute atomic E-state index is 0.0247. The first kappa shape index (κ1) is 18.9. The first-order chi connectivity index (χ1) is 13.6. The van der Waals surface area contributed by atoms with Gasteiger partial charge in [-0.3, -0.25) is 5.43 Å². The van der Waals surface area contributed by atoms with Crippen molar-refractivity contribution >= 4 is 16.8 Å². The number of ether oxygens (including phenoxy) is 1. The molecule has 3 N–H and O–H groups in total. The molecule has 1 heterocycles. The molecule has 6 heteroatoms. The van der Waals surface area contributed by atoms with Gasteiger partial charge >= 0.3 is 0 Å². The minimum atomic E-state index is -0.0247. The summed E-state index contributed by atoms with van der Waals surface area (Å²) < 4.78 is 5.73. The van der Waals surface area contributed by atoms with Crippen LogP contribution in [0.5, 0.6) is 5.75 Å². The van der Waals surface area contributed by atoms with E-state index in [1.807, 2.05) is 32.0 Å². The van der Waals surface area contributed by atoms with Crippen molar-refractivity contribution in [3.05, 3.63) is 64.2 Å². The van der Waals surface area contributed by atoms with Crippen molar-refractivity contribution in [1.29, 1.82) is 5.26 Å². The number of thioether (sulfide) groups is 1. The number of nitriles is 1. The number of nitrogens with zero attached hydrogens (tertiary/aromatic N) is 2. The monoisotopic (exact) mass is 392 g/mol. The maximum atomic E-state index is 9.49. The third-order valence-electron chi connectivity index (χ3n) is 5.09. The molecule has 1 aliphatic carbocycles. The molecule has 0 spiro atoms. The van der Waals surface area contributed by atoms with Crippen molar-refractivity contribution < 1.29 is 4.74 Å². The van der Waals surface area contributed by atoms with Gasteiger partial charge in [0.15, 0.2) is 0 Å². The highest BCUT2D eigenvalue weighted by Crippen LogP contribution is 2.39. The van der Waals surface area contributed by atoms with Gasteiger partial charge in [0.1, 0.15) is 22.2 Å². The van der Waals surface area contributed by atoms with Crippen molar-refractivity contribution in [1.82, 2.24) is 5.43 Å². The Morgan fingerprint density at radius 2 is 2.18 bits per heavy atom. The van der Waals surface area contributed by atoms with E-state index >= 15 is 0 Å². The molecule has 0 aromatic heterocycles. The number of rotatable bonds is 4. The highest BCUT2D eigenvalue weighted by molar-refractivity contribution is 8.14. The maximum Gasteiger partial charge on any atom is 0.137 e. The molecule has 4 rings (SSSR count). The normalized spacial score (nSPS) is 20.9. The van der Waals surface area contributed by atoms with E-state index in [-0.39, 0.29) is 17.5 Å². The third kappa shape index (κ3) is 3.60. The second-order valence-electron chi connectivity index (χ2n) is 7.45. The highest BCUT2D eigenvalue weighted by atomic mass is 32.2. The predicted octanol–water partition coefficient (Wildman–Crippen LogP) is 4.38. The van der Waals surface area contributed by atoms with Gasteiger partial charge in [0, 0.05) is 11.6 Å². The van der Waals surface area contributed by atoms with E-state index in [4.69, 9.17) is 10.5 Å². The summed E-state index contributed by atoms with van der Waals surface area (Å²) in [6, 6.07) is 14.5. The molecular weight excluding hydrogens is 368 g/mol. The van der Waals surface area contributed by atoms with Crippen LogP contribution in [0.4, 0.5) is 0 Å². The molecule has 2 aromatic rings. The van der Waals surface area contributed by atoms with Crippen molar-refractivity contribution in [3.63, 3.8) is 0 Å². The molecule has 0 radical (unpaired) electrons. The molecule has 144 valence electrons. The Bertz CT molecular complexity index is 963. The maximum absolute atomic E-state index is 9.49. The van der Waals surface area contributed by atoms with Gasteiger partial charge in [0.2, 0.25) is 0 Å². The van der Waals surface area contributed by atoms with E-state index in [0.717, 1.165) is 29.9 Å². The summed E-state index contributed by atoms with van der Waals surface area (Å²) in [6.07, 6.45) is 3.23. The van der Waals surface area contributed by atoms with Crippen LogP contribution in [0.2, 0.25) is 0 Å². The first-order valence-electron chi connectivity index (χ1n) is 9.65. The number of nitrogens with one attached hydrogen (secondary N) is 1. The zero-order chi connectivity index (χ0) is 19.7. The Labute approximate surface area is 170 Å². The summed E-state index contributed by atoms with van der Waals surface area (Å²) in [7, 11) is 0. The van der Waals surface area contributed by atoms with Crippen LogP contribution in [0.3, 0.4) is 0 Å². The molecule has 5 nitrogen and oxygen atoms in total. The number of nitrogens with two attached hydrogens (primary N) is 1. The Hall–Kier alpha value is -2.49. The van der Waals surface area contributed by atoms with E-state index in [1.54, 1.807) is 11.8 Å². The van der Waals surface area contributed by atoms with Crippen LogP contribution in [0.1, 0.15) is 65.9 Å². The first-order valence-corrected chi connectivity index (χ1v) is 10.5. The number of fused-ring (bicyclic) bond motifs is 1. The quantitative estimate of drug-likeness (QED) is 0.807. The Morgan fingerprint density at radius 1 is 1.32 bits per heavy atom. The van der Waals surface area contributed by atoms with Crippen LogP contribution in [0.15, 0.2) is 41.5 Å². The number of benzene rings is 2. The van der Waals surface area contributed by atoms with Crippen LogP contribution >= 0.6 is 11.8 Å². The van der Waals surface area contributed by atoms with Crippen LogP contribution in [-0.2, 0) is 6.42 Å². The molecule has 2 atom stereocenters. The second kappa shape index (κ2) is 7.86. The summed E-state index contributed by atoms with van der Waals surface area (Å²) in [6.45, 7) is 3.91. The summed E-state index contributed by atoms with van der Waals surface area (Å²) in [4.78, 5) is 0. The van der Waals surface area contributed by atoms with Gasteiger partial charge in [0.25, 0.3) is 0 Å². The van der Waals surface area contributed by atoms with Crippen LogP contribution in [0, 0.1) is 11.3 Å². The average Bonchev–Trinajstić information content (AvgIpc) is 3.18. The van der Waals surface area contributed by atoms with Crippen molar-refractivity contribution in [2.45, 2.75) is 50.6 Å². The Morgan fingerprint density at radius 3 is 2.96 bits per heavy atom. The second-order valence-corrected chi connectivity index (χ2v) is 8.54. The third-order valence-corrected chi connectivity index (χ3v) is 6.23. The molecule has 2 aromatic carbocycles. The van der Waals surface area contributed by atoms with Crippen LogP contribution in [-0.4, -0.2) is 11.1 Å². The molecule has 2 unspecified atom stereocenters. The van der Waals surface area contributed by atoms with Gasteiger partial charge in [-0.05, 0) is 61.9 Å². The van der Waals surface area contributed by atoms with E-state index in [2.05, 4.69) is 34.8 Å². The average molecular weight is 393 g/mol. The van der Waals surface area contributed by atoms with Crippen molar-refractivity contribution in [2.75, 3.05) is 0 Å². The van der Waals surface area contributed by atoms with Gasteiger partial charge in [-0.2, -0.15) is 10.4 Å². The fourth-order valence-corrected chi connectivity index (χ4v) is 4.82. The minimum Gasteiger partial charge on any atom is -0.490 e. The lowest BCUT2D eigenvalue weighted by Gasteiger charge is -2.24. The highest BCUT2D eigenvalue weighted by Gasteiger charge is 2.27. The fourth-order valence-electron chi connectivity index (χ4n) is 3.79. The van der Waals surface area contributed by atoms with Gasteiger partial charge in [-0.15, -0.1) is 0 Å². The van der Waals surface area contributed by atoms with Crippen molar-refractivity contribution in [2.24, 2.45) is 10.8 Å². The Balaban J connectivity index is 1.57. The van der Waals surface area contributed by atoms with Gasteiger partial charge in [-0.1, -0.05) is 36.0 Å². The zero-order valence-corrected chi connectivity index (χ0v) is 16.9. The van der Waals surface area contributed by atoms with E-state index in [9.17, 15) is 5.26 Å². The SMILES string of the molecule is CC(C)Oc1ccc(C2NN=C(c3cccc4c3CCCC4N)S2)cc1C#N. The lowest BCUT2D eigenvalue weighted by atomic mass is 9.85. The van der Waals surface area contributed by atoms with E-state index in [0.29, 0.717) is 11.3 Å². The summed E-state index contributed by atoms with van der Waals surface area (Å²) >= 11 is 1.68. The predicted molar refractivity (Wildman–Crippen MR) is 113 cm³/mol. The van der Waals surface area contributed by atoms with Crippen molar-refractivity contribution in [3.8, 4) is 11.8 Å². The largest absolute Gasteiger partial charge is 0.490 e. The molecule has 0 saturated heterocycles. The molecule has 0 amide bonds. The molecule has 2 aliphatic rings. The lowest BCUT2D eigenvalue weighted by molar-refractivity contribution is 0.241. The molecule has 1 aliphatic heterocycles. The Kier molecular flexibility index (Phi) is 5.29. The molecular formula is C22H24N4OS. The summed E-state index contributed by atoms with van der Waals surface area (Å²) in [5.74, 6) is 0.622. The fraction of sp³-hybridized carbons (Fsp3) is 0.364. The smallest absolute Gasteiger partial charge is 0.137 e. The zero-order valence-electron chi connectivity index (χ0n) is 16.1.